The van der Waals surface area contributed by atoms with Gasteiger partial charge in [0.15, 0.2) is 11.5 Å². The number of rotatable bonds is 5. The van der Waals surface area contributed by atoms with Gasteiger partial charge in [0.2, 0.25) is 5.91 Å². The fourth-order valence-corrected chi connectivity index (χ4v) is 3.52. The Labute approximate surface area is 178 Å². The van der Waals surface area contributed by atoms with Crippen LogP contribution in [0.3, 0.4) is 0 Å². The number of H-pyrrole nitrogens is 2. The highest BCUT2D eigenvalue weighted by Gasteiger charge is 2.15. The summed E-state index contributed by atoms with van der Waals surface area (Å²) in [5, 5.41) is 10.4. The lowest BCUT2D eigenvalue weighted by Crippen LogP contribution is -2.14. The van der Waals surface area contributed by atoms with Crippen LogP contribution < -0.4 is 5.32 Å². The van der Waals surface area contributed by atoms with Crippen molar-refractivity contribution in [2.45, 2.75) is 20.3 Å². The van der Waals surface area contributed by atoms with Gasteiger partial charge in [0, 0.05) is 18.2 Å². The molecule has 0 bridgehead atoms. The summed E-state index contributed by atoms with van der Waals surface area (Å²) in [4.78, 5) is 29.1. The van der Waals surface area contributed by atoms with Gasteiger partial charge in [-0.05, 0) is 36.2 Å². The Balaban J connectivity index is 1.51. The number of aromatic amines is 2. The topological polar surface area (TPSA) is 112 Å². The highest BCUT2D eigenvalue weighted by atomic mass is 16.1. The molecule has 4 heterocycles. The van der Waals surface area contributed by atoms with E-state index in [1.165, 1.54) is 0 Å². The second kappa shape index (κ2) is 7.64. The third-order valence-corrected chi connectivity index (χ3v) is 4.93. The van der Waals surface area contributed by atoms with Gasteiger partial charge in [-0.1, -0.05) is 26.0 Å². The van der Waals surface area contributed by atoms with Crippen LogP contribution in [0.4, 0.5) is 5.69 Å². The van der Waals surface area contributed by atoms with Crippen molar-refractivity contribution in [2.24, 2.45) is 5.92 Å². The minimum Gasteiger partial charge on any atom is -0.337 e. The average Bonchev–Trinajstić information content (AvgIpc) is 3.36. The van der Waals surface area contributed by atoms with Gasteiger partial charge in [-0.2, -0.15) is 5.10 Å². The van der Waals surface area contributed by atoms with E-state index in [1.54, 1.807) is 12.4 Å². The van der Waals surface area contributed by atoms with E-state index in [0.29, 0.717) is 29.1 Å². The Bertz CT molecular complexity index is 1370. The number of hydrogen-bond donors (Lipinski definition) is 3. The van der Waals surface area contributed by atoms with Gasteiger partial charge in [-0.3, -0.25) is 14.9 Å². The molecule has 0 unspecified atom stereocenters. The number of nitrogens with zero attached hydrogens (tertiary/aromatic N) is 4. The molecule has 3 N–H and O–H groups in total. The number of hydrogen-bond acceptors (Lipinski definition) is 5. The number of nitrogens with one attached hydrogen (secondary N) is 3. The first kappa shape index (κ1) is 18.9. The number of anilines is 1. The van der Waals surface area contributed by atoms with Crippen LogP contribution in [0.15, 0.2) is 54.9 Å². The molecule has 5 rings (SSSR count). The van der Waals surface area contributed by atoms with Crippen molar-refractivity contribution in [3.05, 3.63) is 54.9 Å². The third-order valence-electron chi connectivity index (χ3n) is 4.93. The largest absolute Gasteiger partial charge is 0.337 e. The number of amides is 1. The second-order valence-corrected chi connectivity index (χ2v) is 7.88. The minimum atomic E-state index is -0.0284. The van der Waals surface area contributed by atoms with Crippen molar-refractivity contribution < 1.29 is 4.79 Å². The number of fused-ring (bicyclic) bond motifs is 2. The van der Waals surface area contributed by atoms with Crippen molar-refractivity contribution in [3.63, 3.8) is 0 Å². The molecular weight excluding hydrogens is 390 g/mol. The molecule has 0 aliphatic rings. The van der Waals surface area contributed by atoms with E-state index in [0.717, 1.165) is 27.8 Å². The quantitative estimate of drug-likeness (QED) is 0.393. The number of para-hydroxylation sites is 2. The Hall–Kier alpha value is -4.07. The number of benzene rings is 1. The average molecular weight is 411 g/mol. The van der Waals surface area contributed by atoms with E-state index in [-0.39, 0.29) is 11.8 Å². The zero-order valence-electron chi connectivity index (χ0n) is 17.2. The Kier molecular flexibility index (Phi) is 4.66. The summed E-state index contributed by atoms with van der Waals surface area (Å²) in [5.41, 5.74) is 6.19. The molecule has 0 radical (unpaired) electrons. The number of carbonyl (C=O) groups is 1. The monoisotopic (exact) mass is 411 g/mol. The number of imidazole rings is 1. The molecule has 0 saturated carbocycles. The van der Waals surface area contributed by atoms with Crippen LogP contribution in [0.25, 0.3) is 44.8 Å². The van der Waals surface area contributed by atoms with Gasteiger partial charge >= 0.3 is 0 Å². The molecule has 154 valence electrons. The van der Waals surface area contributed by atoms with Gasteiger partial charge < -0.3 is 10.3 Å². The highest BCUT2D eigenvalue weighted by Crippen LogP contribution is 2.28. The van der Waals surface area contributed by atoms with Gasteiger partial charge in [0.05, 0.1) is 34.1 Å². The highest BCUT2D eigenvalue weighted by molar-refractivity contribution is 5.93. The van der Waals surface area contributed by atoms with Gasteiger partial charge in [0.25, 0.3) is 0 Å². The summed E-state index contributed by atoms with van der Waals surface area (Å²) in [5.74, 6) is 0.919. The summed E-state index contributed by atoms with van der Waals surface area (Å²) in [6.45, 7) is 4.02. The predicted molar refractivity (Wildman–Crippen MR) is 120 cm³/mol. The van der Waals surface area contributed by atoms with Crippen LogP contribution in [-0.2, 0) is 4.79 Å². The maximum absolute atomic E-state index is 12.1. The van der Waals surface area contributed by atoms with Crippen molar-refractivity contribution >= 4 is 33.7 Å². The normalized spacial score (nSPS) is 11.5. The molecule has 5 aromatic rings. The van der Waals surface area contributed by atoms with E-state index in [2.05, 4.69) is 30.5 Å². The molecule has 0 atom stereocenters. The van der Waals surface area contributed by atoms with Crippen LogP contribution in [0.2, 0.25) is 0 Å². The van der Waals surface area contributed by atoms with E-state index in [4.69, 9.17) is 4.98 Å². The van der Waals surface area contributed by atoms with Crippen LogP contribution in [0.5, 0.6) is 0 Å². The predicted octanol–water partition coefficient (Wildman–Crippen LogP) is 4.55. The van der Waals surface area contributed by atoms with Crippen LogP contribution >= 0.6 is 0 Å². The standard InChI is InChI=1S/C23H21N7O/c1-13(2)9-20(31)25-15-10-14(11-24-12-15)16-7-8-19-21(26-16)22(30-29-19)23-27-17-5-3-4-6-18(17)28-23/h3-8,10-13H,9H2,1-2H3,(H,25,31)(H,27,28)(H,29,30). The molecule has 0 fully saturated rings. The van der Waals surface area contributed by atoms with Crippen molar-refractivity contribution in [2.75, 3.05) is 5.32 Å². The van der Waals surface area contributed by atoms with E-state index >= 15 is 0 Å². The van der Waals surface area contributed by atoms with E-state index in [1.807, 2.05) is 56.3 Å². The molecule has 1 aromatic carbocycles. The van der Waals surface area contributed by atoms with Crippen LogP contribution in [0, 0.1) is 5.92 Å². The molecule has 8 nitrogen and oxygen atoms in total. The Morgan fingerprint density at radius 1 is 1.06 bits per heavy atom. The third kappa shape index (κ3) is 3.75. The maximum atomic E-state index is 12.1. The van der Waals surface area contributed by atoms with Crippen LogP contribution in [-0.4, -0.2) is 36.0 Å². The summed E-state index contributed by atoms with van der Waals surface area (Å²) in [6, 6.07) is 13.5. The molecule has 0 aliphatic heterocycles. The molecule has 0 aliphatic carbocycles. The Morgan fingerprint density at radius 3 is 2.77 bits per heavy atom. The number of carbonyl (C=O) groups excluding carboxylic acids is 1. The number of pyridine rings is 2. The lowest BCUT2D eigenvalue weighted by Gasteiger charge is -2.08. The summed E-state index contributed by atoms with van der Waals surface area (Å²) in [6.07, 6.45) is 3.83. The van der Waals surface area contributed by atoms with Crippen molar-refractivity contribution in [1.29, 1.82) is 0 Å². The fourth-order valence-electron chi connectivity index (χ4n) is 3.52. The first-order chi connectivity index (χ1) is 15.1. The molecule has 0 saturated heterocycles. The first-order valence-electron chi connectivity index (χ1n) is 10.1. The smallest absolute Gasteiger partial charge is 0.224 e. The van der Waals surface area contributed by atoms with Crippen molar-refractivity contribution in [1.82, 2.24) is 30.1 Å². The lowest BCUT2D eigenvalue weighted by atomic mass is 10.1. The SMILES string of the molecule is CC(C)CC(=O)Nc1cncc(-c2ccc3[nH]nc(-c4nc5ccccc5[nH]4)c3n2)c1. The lowest BCUT2D eigenvalue weighted by molar-refractivity contribution is -0.116. The van der Waals surface area contributed by atoms with Gasteiger partial charge in [0.1, 0.15) is 5.52 Å². The zero-order valence-corrected chi connectivity index (χ0v) is 17.2. The van der Waals surface area contributed by atoms with Crippen molar-refractivity contribution in [3.8, 4) is 22.8 Å². The number of aromatic nitrogens is 6. The summed E-state index contributed by atoms with van der Waals surface area (Å²) >= 11 is 0. The van der Waals surface area contributed by atoms with Crippen LogP contribution in [0.1, 0.15) is 20.3 Å². The maximum Gasteiger partial charge on any atom is 0.224 e. The minimum absolute atomic E-state index is 0.0284. The van der Waals surface area contributed by atoms with E-state index in [9.17, 15) is 4.79 Å². The molecule has 4 aromatic heterocycles. The van der Waals surface area contributed by atoms with E-state index < -0.39 is 0 Å². The molecule has 1 amide bonds. The molecule has 0 spiro atoms. The first-order valence-corrected chi connectivity index (χ1v) is 10.1. The summed E-state index contributed by atoms with van der Waals surface area (Å²) in [7, 11) is 0. The Morgan fingerprint density at radius 2 is 1.94 bits per heavy atom. The second-order valence-electron chi connectivity index (χ2n) is 7.88. The zero-order chi connectivity index (χ0) is 21.4. The van der Waals surface area contributed by atoms with Gasteiger partial charge in [-0.25, -0.2) is 9.97 Å². The molecule has 31 heavy (non-hydrogen) atoms. The molecular formula is C23H21N7O. The molecule has 8 heteroatoms. The van der Waals surface area contributed by atoms with Gasteiger partial charge in [-0.15, -0.1) is 0 Å². The fraction of sp³-hybridized carbons (Fsp3) is 0.174. The summed E-state index contributed by atoms with van der Waals surface area (Å²) < 4.78 is 0.